The summed E-state index contributed by atoms with van der Waals surface area (Å²) in [6.45, 7) is 4.61. The molecule has 1 aliphatic carbocycles. The first-order chi connectivity index (χ1) is 10.1. The molecular formula is C17H25NO3. The largest absolute Gasteiger partial charge is 0.493 e. The quantitative estimate of drug-likeness (QED) is 0.846. The fraction of sp³-hybridized carbons (Fsp3) is 0.588. The monoisotopic (exact) mass is 291 g/mol. The second-order valence-electron chi connectivity index (χ2n) is 5.84. The number of ether oxygens (including phenoxy) is 1. The second kappa shape index (κ2) is 7.46. The van der Waals surface area contributed by atoms with E-state index in [4.69, 9.17) is 4.74 Å². The first kappa shape index (κ1) is 15.8. The van der Waals surface area contributed by atoms with Crippen molar-refractivity contribution < 1.29 is 14.6 Å². The number of aryl methyl sites for hydroxylation is 1. The molecule has 0 spiro atoms. The van der Waals surface area contributed by atoms with E-state index >= 15 is 0 Å². The molecule has 0 radical (unpaired) electrons. The average Bonchev–Trinajstić information content (AvgIpc) is 2.90. The van der Waals surface area contributed by atoms with Crippen molar-refractivity contribution in [2.45, 2.75) is 45.6 Å². The third kappa shape index (κ3) is 4.21. The number of aliphatic hydroxyl groups is 1. The van der Waals surface area contributed by atoms with Crippen LogP contribution in [0.4, 0.5) is 0 Å². The third-order valence-corrected chi connectivity index (χ3v) is 4.38. The van der Waals surface area contributed by atoms with Gasteiger partial charge in [-0.1, -0.05) is 18.6 Å². The Morgan fingerprint density at radius 3 is 2.95 bits per heavy atom. The number of carbonyl (C=O) groups excluding carboxylic acids is 1. The zero-order valence-corrected chi connectivity index (χ0v) is 12.9. The fourth-order valence-electron chi connectivity index (χ4n) is 2.86. The van der Waals surface area contributed by atoms with Gasteiger partial charge in [-0.25, -0.2) is 0 Å². The van der Waals surface area contributed by atoms with E-state index in [2.05, 4.69) is 5.32 Å². The van der Waals surface area contributed by atoms with E-state index in [0.29, 0.717) is 13.0 Å². The molecule has 2 rings (SSSR count). The van der Waals surface area contributed by atoms with Gasteiger partial charge in [0.25, 0.3) is 0 Å². The highest BCUT2D eigenvalue weighted by molar-refractivity contribution is 5.76. The van der Waals surface area contributed by atoms with Gasteiger partial charge in [0.15, 0.2) is 0 Å². The number of nitrogens with one attached hydrogen (secondary N) is 1. The Bertz CT molecular complexity index is 487. The van der Waals surface area contributed by atoms with Crippen LogP contribution < -0.4 is 10.1 Å². The first-order valence-electron chi connectivity index (χ1n) is 7.71. The number of benzene rings is 1. The Morgan fingerprint density at radius 2 is 2.19 bits per heavy atom. The van der Waals surface area contributed by atoms with Gasteiger partial charge >= 0.3 is 0 Å². The van der Waals surface area contributed by atoms with E-state index in [1.165, 1.54) is 5.56 Å². The molecule has 1 aromatic rings. The number of hydrogen-bond acceptors (Lipinski definition) is 3. The number of carbonyl (C=O) groups is 1. The number of rotatable bonds is 6. The van der Waals surface area contributed by atoms with Crippen LogP contribution in [0, 0.1) is 19.8 Å². The Hall–Kier alpha value is -1.55. The molecule has 0 aliphatic heterocycles. The van der Waals surface area contributed by atoms with Crippen LogP contribution in [0.3, 0.4) is 0 Å². The molecule has 2 unspecified atom stereocenters. The van der Waals surface area contributed by atoms with Gasteiger partial charge < -0.3 is 15.2 Å². The molecule has 4 heteroatoms. The lowest BCUT2D eigenvalue weighted by Gasteiger charge is -2.19. The normalized spacial score (nSPS) is 21.3. The predicted octanol–water partition coefficient (Wildman–Crippen LogP) is 2.35. The molecule has 2 atom stereocenters. The molecule has 2 N–H and O–H groups in total. The lowest BCUT2D eigenvalue weighted by molar-refractivity contribution is -0.122. The summed E-state index contributed by atoms with van der Waals surface area (Å²) in [7, 11) is 0. The summed E-state index contributed by atoms with van der Waals surface area (Å²) in [5.41, 5.74) is 2.31. The third-order valence-electron chi connectivity index (χ3n) is 4.38. The molecular weight excluding hydrogens is 266 g/mol. The molecule has 1 fully saturated rings. The van der Waals surface area contributed by atoms with E-state index in [-0.39, 0.29) is 24.5 Å². The highest BCUT2D eigenvalue weighted by Gasteiger charge is 2.27. The van der Waals surface area contributed by atoms with Gasteiger partial charge in [0.05, 0.1) is 13.0 Å². The van der Waals surface area contributed by atoms with Crippen molar-refractivity contribution >= 4 is 5.91 Å². The molecule has 1 amide bonds. The highest BCUT2D eigenvalue weighted by atomic mass is 16.5. The average molecular weight is 291 g/mol. The Labute approximate surface area is 126 Å². The molecule has 1 saturated carbocycles. The predicted molar refractivity (Wildman–Crippen MR) is 82.4 cm³/mol. The minimum absolute atomic E-state index is 0.00524. The first-order valence-corrected chi connectivity index (χ1v) is 7.71. The fourth-order valence-corrected chi connectivity index (χ4v) is 2.86. The van der Waals surface area contributed by atoms with Gasteiger partial charge in [0.2, 0.25) is 5.91 Å². The van der Waals surface area contributed by atoms with Crippen molar-refractivity contribution in [1.82, 2.24) is 5.32 Å². The topological polar surface area (TPSA) is 58.6 Å². The summed E-state index contributed by atoms with van der Waals surface area (Å²) in [4.78, 5) is 11.9. The molecule has 1 aliphatic rings. The van der Waals surface area contributed by atoms with Gasteiger partial charge in [-0.2, -0.15) is 0 Å². The number of hydrogen-bond donors (Lipinski definition) is 2. The van der Waals surface area contributed by atoms with Crippen molar-refractivity contribution in [1.29, 1.82) is 0 Å². The van der Waals surface area contributed by atoms with Crippen LogP contribution in [0.25, 0.3) is 0 Å². The zero-order valence-electron chi connectivity index (χ0n) is 12.9. The van der Waals surface area contributed by atoms with Crippen LogP contribution in [-0.4, -0.2) is 30.3 Å². The molecule has 0 heterocycles. The Balaban J connectivity index is 1.75. The minimum Gasteiger partial charge on any atom is -0.493 e. The van der Waals surface area contributed by atoms with Crippen LogP contribution in [0.2, 0.25) is 0 Å². The number of aliphatic hydroxyl groups excluding tert-OH is 1. The van der Waals surface area contributed by atoms with E-state index in [1.54, 1.807) is 0 Å². The van der Waals surface area contributed by atoms with E-state index < -0.39 is 0 Å². The molecule has 0 aromatic heterocycles. The van der Waals surface area contributed by atoms with E-state index in [9.17, 15) is 9.90 Å². The highest BCUT2D eigenvalue weighted by Crippen LogP contribution is 2.25. The summed E-state index contributed by atoms with van der Waals surface area (Å²) in [6, 6.07) is 6.06. The molecule has 4 nitrogen and oxygen atoms in total. The SMILES string of the molecule is Cc1cccc(OCCC(=O)NC2CCCC2CO)c1C. The van der Waals surface area contributed by atoms with Crippen molar-refractivity contribution in [3.05, 3.63) is 29.3 Å². The van der Waals surface area contributed by atoms with Gasteiger partial charge in [-0.05, 0) is 43.9 Å². The molecule has 21 heavy (non-hydrogen) atoms. The molecule has 116 valence electrons. The molecule has 1 aromatic carbocycles. The summed E-state index contributed by atoms with van der Waals surface area (Å²) in [5.74, 6) is 1.07. The summed E-state index contributed by atoms with van der Waals surface area (Å²) >= 11 is 0. The van der Waals surface area contributed by atoms with Gasteiger partial charge in [-0.15, -0.1) is 0 Å². The van der Waals surface area contributed by atoms with E-state index in [0.717, 1.165) is 30.6 Å². The standard InChI is InChI=1S/C17H25NO3/c1-12-5-3-8-16(13(12)2)21-10-9-17(20)18-15-7-4-6-14(15)11-19/h3,5,8,14-15,19H,4,6-7,9-11H2,1-2H3,(H,18,20). The Kier molecular flexibility index (Phi) is 5.62. The minimum atomic E-state index is 0.00524. The van der Waals surface area contributed by atoms with Crippen molar-refractivity contribution in [3.8, 4) is 5.75 Å². The van der Waals surface area contributed by atoms with Gasteiger partial charge in [-0.3, -0.25) is 4.79 Å². The van der Waals surface area contributed by atoms with Gasteiger partial charge in [0.1, 0.15) is 5.75 Å². The summed E-state index contributed by atoms with van der Waals surface area (Å²) < 4.78 is 5.70. The van der Waals surface area contributed by atoms with Gasteiger partial charge in [0, 0.05) is 18.6 Å². The van der Waals surface area contributed by atoms with Crippen molar-refractivity contribution in [3.63, 3.8) is 0 Å². The molecule has 0 saturated heterocycles. The van der Waals surface area contributed by atoms with Crippen LogP contribution in [0.15, 0.2) is 18.2 Å². The summed E-state index contributed by atoms with van der Waals surface area (Å²) in [6.07, 6.45) is 3.40. The van der Waals surface area contributed by atoms with Crippen LogP contribution >= 0.6 is 0 Å². The lowest BCUT2D eigenvalue weighted by atomic mass is 10.1. The smallest absolute Gasteiger partial charge is 0.223 e. The second-order valence-corrected chi connectivity index (χ2v) is 5.84. The van der Waals surface area contributed by atoms with E-state index in [1.807, 2.05) is 32.0 Å². The maximum absolute atomic E-state index is 11.9. The van der Waals surface area contributed by atoms with Crippen molar-refractivity contribution in [2.24, 2.45) is 5.92 Å². The van der Waals surface area contributed by atoms with Crippen LogP contribution in [0.1, 0.15) is 36.8 Å². The molecule has 0 bridgehead atoms. The maximum Gasteiger partial charge on any atom is 0.223 e. The summed E-state index contributed by atoms with van der Waals surface area (Å²) in [5, 5.41) is 12.3. The maximum atomic E-state index is 11.9. The Morgan fingerprint density at radius 1 is 1.38 bits per heavy atom. The number of amides is 1. The van der Waals surface area contributed by atoms with Crippen molar-refractivity contribution in [2.75, 3.05) is 13.2 Å². The van der Waals surface area contributed by atoms with Crippen LogP contribution in [0.5, 0.6) is 5.75 Å². The van der Waals surface area contributed by atoms with Crippen LogP contribution in [-0.2, 0) is 4.79 Å². The zero-order chi connectivity index (χ0) is 15.2. The lowest BCUT2D eigenvalue weighted by Crippen LogP contribution is -2.39.